The van der Waals surface area contributed by atoms with Gasteiger partial charge in [0, 0.05) is 12.5 Å². The van der Waals surface area contributed by atoms with E-state index >= 15 is 0 Å². The normalized spacial score (nSPS) is 10.1. The largest absolute Gasteiger partial charge is 0.426 e. The molecule has 0 aliphatic rings. The van der Waals surface area contributed by atoms with E-state index in [2.05, 4.69) is 0 Å². The first-order valence-corrected chi connectivity index (χ1v) is 6.48. The molecule has 0 aliphatic heterocycles. The topological polar surface area (TPSA) is 52.6 Å². The summed E-state index contributed by atoms with van der Waals surface area (Å²) in [6.45, 7) is 1.63. The highest BCUT2D eigenvalue weighted by Crippen LogP contribution is 2.22. The number of halogens is 2. The minimum absolute atomic E-state index is 0.00839. The maximum Gasteiger partial charge on any atom is 0.349 e. The number of benzene rings is 2. The van der Waals surface area contributed by atoms with Crippen LogP contribution in [-0.4, -0.2) is 11.9 Å². The molecule has 2 rings (SSSR count). The standard InChI is InChI=1S/C16H12F2O4/c1-2-14(19)21-10-5-3-6-11(9-10)22-16(20)15-12(17)7-4-8-13(15)18/h3-9H,2H2,1H3. The van der Waals surface area contributed by atoms with Gasteiger partial charge in [-0.3, -0.25) is 4.79 Å². The number of carbonyl (C=O) groups is 2. The van der Waals surface area contributed by atoms with Crippen molar-refractivity contribution in [3.63, 3.8) is 0 Å². The van der Waals surface area contributed by atoms with Crippen molar-refractivity contribution in [2.24, 2.45) is 0 Å². The van der Waals surface area contributed by atoms with E-state index in [1.165, 1.54) is 24.3 Å². The molecule has 0 heterocycles. The Bertz CT molecular complexity index is 693. The number of hydrogen-bond donors (Lipinski definition) is 0. The van der Waals surface area contributed by atoms with Crippen LogP contribution in [0.25, 0.3) is 0 Å². The minimum atomic E-state index is -1.17. The third-order valence-electron chi connectivity index (χ3n) is 2.70. The Morgan fingerprint density at radius 1 is 0.955 bits per heavy atom. The molecule has 2 aromatic carbocycles. The Balaban J connectivity index is 2.18. The summed E-state index contributed by atoms with van der Waals surface area (Å²) in [5.74, 6) is -3.48. The van der Waals surface area contributed by atoms with Crippen molar-refractivity contribution in [1.29, 1.82) is 0 Å². The molecule has 0 aliphatic carbocycles. The Morgan fingerprint density at radius 2 is 1.50 bits per heavy atom. The second-order valence-electron chi connectivity index (χ2n) is 4.29. The van der Waals surface area contributed by atoms with Gasteiger partial charge in [0.25, 0.3) is 0 Å². The quantitative estimate of drug-likeness (QED) is 0.641. The lowest BCUT2D eigenvalue weighted by Gasteiger charge is -2.08. The van der Waals surface area contributed by atoms with Crippen molar-refractivity contribution in [2.75, 3.05) is 0 Å². The molecule has 0 radical (unpaired) electrons. The van der Waals surface area contributed by atoms with Crippen LogP contribution in [0.3, 0.4) is 0 Å². The lowest BCUT2D eigenvalue weighted by Crippen LogP contribution is -2.13. The number of esters is 2. The molecule has 22 heavy (non-hydrogen) atoms. The predicted octanol–water partition coefficient (Wildman–Crippen LogP) is 3.50. The van der Waals surface area contributed by atoms with Crippen LogP contribution in [0.5, 0.6) is 11.5 Å². The third-order valence-corrected chi connectivity index (χ3v) is 2.70. The first kappa shape index (κ1) is 15.6. The molecular weight excluding hydrogens is 294 g/mol. The fraction of sp³-hybridized carbons (Fsp3) is 0.125. The highest BCUT2D eigenvalue weighted by atomic mass is 19.1. The van der Waals surface area contributed by atoms with Gasteiger partial charge in [0.1, 0.15) is 28.7 Å². The third kappa shape index (κ3) is 3.66. The van der Waals surface area contributed by atoms with Crippen LogP contribution >= 0.6 is 0 Å². The Kier molecular flexibility index (Phi) is 4.83. The fourth-order valence-electron chi connectivity index (χ4n) is 1.66. The van der Waals surface area contributed by atoms with Gasteiger partial charge in [0.2, 0.25) is 0 Å². The fourth-order valence-corrected chi connectivity index (χ4v) is 1.66. The Labute approximate surface area is 125 Å². The van der Waals surface area contributed by atoms with E-state index < -0.39 is 29.1 Å². The van der Waals surface area contributed by atoms with Gasteiger partial charge in [-0.05, 0) is 24.3 Å². The molecule has 0 saturated heterocycles. The van der Waals surface area contributed by atoms with Gasteiger partial charge >= 0.3 is 11.9 Å². The van der Waals surface area contributed by atoms with Crippen LogP contribution < -0.4 is 9.47 Å². The van der Waals surface area contributed by atoms with Crippen molar-refractivity contribution in [3.05, 3.63) is 59.7 Å². The first-order valence-electron chi connectivity index (χ1n) is 6.48. The first-order chi connectivity index (χ1) is 10.5. The van der Waals surface area contributed by atoms with Crippen molar-refractivity contribution < 1.29 is 27.8 Å². The number of ether oxygens (including phenoxy) is 2. The van der Waals surface area contributed by atoms with Gasteiger partial charge in [-0.25, -0.2) is 13.6 Å². The molecule has 0 spiro atoms. The van der Waals surface area contributed by atoms with Gasteiger partial charge in [0.05, 0.1) is 0 Å². The van der Waals surface area contributed by atoms with Gasteiger partial charge in [-0.1, -0.05) is 19.1 Å². The van der Waals surface area contributed by atoms with Crippen molar-refractivity contribution in [2.45, 2.75) is 13.3 Å². The molecular formula is C16H12F2O4. The van der Waals surface area contributed by atoms with E-state index in [1.54, 1.807) is 6.92 Å². The zero-order chi connectivity index (χ0) is 16.1. The second-order valence-corrected chi connectivity index (χ2v) is 4.29. The summed E-state index contributed by atoms with van der Waals surface area (Å²) in [5.41, 5.74) is -0.779. The maximum atomic E-state index is 13.5. The lowest BCUT2D eigenvalue weighted by atomic mass is 10.2. The summed E-state index contributed by atoms with van der Waals surface area (Å²) < 4.78 is 36.8. The molecule has 4 nitrogen and oxygen atoms in total. The zero-order valence-electron chi connectivity index (χ0n) is 11.6. The summed E-state index contributed by atoms with van der Waals surface area (Å²) in [5, 5.41) is 0. The average Bonchev–Trinajstić information content (AvgIpc) is 2.47. The molecule has 0 saturated carbocycles. The monoisotopic (exact) mass is 306 g/mol. The minimum Gasteiger partial charge on any atom is -0.426 e. The van der Waals surface area contributed by atoms with Gasteiger partial charge in [-0.15, -0.1) is 0 Å². The highest BCUT2D eigenvalue weighted by molar-refractivity contribution is 5.91. The van der Waals surface area contributed by atoms with Crippen LogP contribution in [0, 0.1) is 11.6 Å². The smallest absolute Gasteiger partial charge is 0.349 e. The van der Waals surface area contributed by atoms with Crippen LogP contribution in [0.2, 0.25) is 0 Å². The molecule has 6 heteroatoms. The van der Waals surface area contributed by atoms with Crippen molar-refractivity contribution in [3.8, 4) is 11.5 Å². The molecule has 0 bridgehead atoms. The van der Waals surface area contributed by atoms with E-state index in [-0.39, 0.29) is 17.9 Å². The van der Waals surface area contributed by atoms with Crippen LogP contribution in [0.4, 0.5) is 8.78 Å². The second kappa shape index (κ2) is 6.80. The molecule has 0 aromatic heterocycles. The molecule has 0 atom stereocenters. The van der Waals surface area contributed by atoms with Gasteiger partial charge < -0.3 is 9.47 Å². The summed E-state index contributed by atoms with van der Waals surface area (Å²) in [6, 6.07) is 8.72. The highest BCUT2D eigenvalue weighted by Gasteiger charge is 2.19. The SMILES string of the molecule is CCC(=O)Oc1cccc(OC(=O)c2c(F)cccc2F)c1. The van der Waals surface area contributed by atoms with Crippen LogP contribution in [0.15, 0.2) is 42.5 Å². The Morgan fingerprint density at radius 3 is 2.09 bits per heavy atom. The van der Waals surface area contributed by atoms with E-state index in [0.717, 1.165) is 18.2 Å². The van der Waals surface area contributed by atoms with Gasteiger partial charge in [-0.2, -0.15) is 0 Å². The molecule has 0 unspecified atom stereocenters. The number of rotatable bonds is 4. The Hall–Kier alpha value is -2.76. The molecule has 0 amide bonds. The summed E-state index contributed by atoms with van der Waals surface area (Å²) >= 11 is 0. The zero-order valence-corrected chi connectivity index (χ0v) is 11.6. The van der Waals surface area contributed by atoms with Crippen molar-refractivity contribution >= 4 is 11.9 Å². The predicted molar refractivity (Wildman–Crippen MR) is 73.7 cm³/mol. The maximum absolute atomic E-state index is 13.5. The lowest BCUT2D eigenvalue weighted by molar-refractivity contribution is -0.134. The summed E-state index contributed by atoms with van der Waals surface area (Å²) in [7, 11) is 0. The molecule has 2 aromatic rings. The number of hydrogen-bond acceptors (Lipinski definition) is 4. The number of carbonyl (C=O) groups excluding carboxylic acids is 2. The van der Waals surface area contributed by atoms with Crippen LogP contribution in [0.1, 0.15) is 23.7 Å². The van der Waals surface area contributed by atoms with Gasteiger partial charge in [0.15, 0.2) is 0 Å². The average molecular weight is 306 g/mol. The van der Waals surface area contributed by atoms with E-state index in [1.807, 2.05) is 0 Å². The summed E-state index contributed by atoms with van der Waals surface area (Å²) in [6.07, 6.45) is 0.185. The van der Waals surface area contributed by atoms with Crippen molar-refractivity contribution in [1.82, 2.24) is 0 Å². The summed E-state index contributed by atoms with van der Waals surface area (Å²) in [4.78, 5) is 23.0. The molecule has 114 valence electrons. The van der Waals surface area contributed by atoms with Crippen LogP contribution in [-0.2, 0) is 4.79 Å². The van der Waals surface area contributed by atoms with E-state index in [4.69, 9.17) is 9.47 Å². The van der Waals surface area contributed by atoms with E-state index in [0.29, 0.717) is 0 Å². The molecule has 0 N–H and O–H groups in total. The van der Waals surface area contributed by atoms with E-state index in [9.17, 15) is 18.4 Å². The molecule has 0 fully saturated rings.